The van der Waals surface area contributed by atoms with Crippen LogP contribution in [0, 0.1) is 0 Å². The van der Waals surface area contributed by atoms with E-state index in [9.17, 15) is 0 Å². The summed E-state index contributed by atoms with van der Waals surface area (Å²) in [6, 6.07) is 0. The van der Waals surface area contributed by atoms with Gasteiger partial charge in [0.15, 0.2) is 0 Å². The smallest absolute Gasteiger partial charge is 0.0579 e. The van der Waals surface area contributed by atoms with Crippen molar-refractivity contribution >= 4 is 36.1 Å². The summed E-state index contributed by atoms with van der Waals surface area (Å²) in [6.07, 6.45) is 0. The van der Waals surface area contributed by atoms with Crippen LogP contribution >= 0.6 is 36.1 Å². The molecule has 2 N–H and O–H groups in total. The van der Waals surface area contributed by atoms with E-state index in [1.54, 1.807) is 0 Å². The maximum atomic E-state index is 6.47. The summed E-state index contributed by atoms with van der Waals surface area (Å²) in [5, 5.41) is 0. The topological polar surface area (TPSA) is 40.5 Å². The third-order valence-corrected chi connectivity index (χ3v) is 0. The number of hydrogen-bond donors (Lipinski definition) is 2. The fraction of sp³-hybridized carbons (Fsp3) is 0. The lowest BCUT2D eigenvalue weighted by molar-refractivity contribution is 0.632. The molecule has 0 aromatic rings. The van der Waals surface area contributed by atoms with Gasteiger partial charge in [-0.2, -0.15) is 0 Å². The maximum absolute atomic E-state index is 6.47. The Labute approximate surface area is 46.1 Å². The lowest BCUT2D eigenvalue weighted by Crippen LogP contribution is -0.913. The normalized spacial score (nSPS) is 2.40. The molecule has 0 unspecified atom stereocenters. The summed E-state index contributed by atoms with van der Waals surface area (Å²) in [4.78, 5) is 0. The minimum absolute atomic E-state index is 0. The van der Waals surface area contributed by atoms with Crippen LogP contribution in [0.25, 0.3) is 0 Å². The first-order valence-electron chi connectivity index (χ1n) is 0.338. The van der Waals surface area contributed by atoms with Crippen molar-refractivity contribution < 1.29 is 9.32 Å². The van der Waals surface area contributed by atoms with Crippen LogP contribution in [0.1, 0.15) is 0 Å². The molecular weight excluding hydrogens is 138 g/mol. The zero-order valence-corrected chi connectivity index (χ0v) is 4.39. The average Bonchev–Trinajstić information content (AvgIpc) is 1.50. The molecule has 0 radical (unpaired) electrons. The predicted octanol–water partition coefficient (Wildman–Crippen LogP) is 0.687. The van der Waals surface area contributed by atoms with Crippen LogP contribution in [-0.2, 0) is 0 Å². The molecule has 0 spiro atoms. The molecule has 0 saturated heterocycles. The van der Waals surface area contributed by atoms with Gasteiger partial charge in [0.1, 0.15) is 0 Å². The Kier molecular flexibility index (Phi) is 376. The second-order valence-corrected chi connectivity index (χ2v) is 0. The fourth-order valence-electron chi connectivity index (χ4n) is 0. The van der Waals surface area contributed by atoms with Crippen molar-refractivity contribution in [2.75, 3.05) is 0 Å². The second-order valence-electron chi connectivity index (χ2n) is 0. The van der Waals surface area contributed by atoms with E-state index in [1.165, 1.54) is 0 Å². The highest BCUT2D eigenvalue weighted by Crippen LogP contribution is 1.32. The van der Waals surface area contributed by atoms with Crippen molar-refractivity contribution in [3.8, 4) is 0 Å². The van der Waals surface area contributed by atoms with E-state index in [4.69, 9.17) is 9.32 Å². The lowest BCUT2D eigenvalue weighted by atomic mass is 15.9. The molecule has 36 valence electrons. The molecule has 0 saturated carbocycles. The molecule has 0 fully saturated rings. The van der Waals surface area contributed by atoms with E-state index in [1.807, 2.05) is 0 Å². The van der Waals surface area contributed by atoms with Crippen LogP contribution in [0.2, 0.25) is 0 Å². The van der Waals surface area contributed by atoms with Gasteiger partial charge in [-0.3, -0.25) is 9.32 Å². The van der Waals surface area contributed by atoms with Crippen molar-refractivity contribution in [2.24, 2.45) is 0 Å². The molecule has 0 amide bonds. The lowest BCUT2D eigenvalue weighted by Gasteiger charge is -1.13. The van der Waals surface area contributed by atoms with Crippen LogP contribution in [0.4, 0.5) is 0 Å². The monoisotopic (exact) mass is 140 g/mol. The highest BCUT2D eigenvalue weighted by molar-refractivity contribution is 6.05. The SMILES string of the molecule is Cl.OCl.OCl. The van der Waals surface area contributed by atoms with E-state index < -0.39 is 0 Å². The van der Waals surface area contributed by atoms with E-state index in [0.29, 0.717) is 0 Å². The third kappa shape index (κ3) is 59.7. The van der Waals surface area contributed by atoms with Crippen molar-refractivity contribution in [1.82, 2.24) is 0 Å². The quantitative estimate of drug-likeness (QED) is 0.521. The summed E-state index contributed by atoms with van der Waals surface area (Å²) in [6.45, 7) is 0. The van der Waals surface area contributed by atoms with Crippen LogP contribution in [0.15, 0.2) is 0 Å². The Morgan fingerprint density at radius 2 is 0.800 bits per heavy atom. The third-order valence-electron chi connectivity index (χ3n) is 0. The molecule has 0 rings (SSSR count). The Morgan fingerprint density at radius 3 is 0.800 bits per heavy atom. The van der Waals surface area contributed by atoms with E-state index in [0.717, 1.165) is 0 Å². The minimum Gasteiger partial charge on any atom is -0.295 e. The summed E-state index contributed by atoms with van der Waals surface area (Å²) in [5.41, 5.74) is 0. The van der Waals surface area contributed by atoms with Crippen molar-refractivity contribution in [2.45, 2.75) is 0 Å². The molecule has 0 heterocycles. The molecule has 0 aromatic heterocycles. The zero-order valence-electron chi connectivity index (χ0n) is 2.06. The second kappa shape index (κ2) is 110. The van der Waals surface area contributed by atoms with Crippen LogP contribution in [-0.4, -0.2) is 9.32 Å². The highest BCUT2D eigenvalue weighted by Gasteiger charge is 0.899. The largest absolute Gasteiger partial charge is 0.295 e. The van der Waals surface area contributed by atoms with Crippen molar-refractivity contribution in [1.29, 1.82) is 0 Å². The zero-order chi connectivity index (χ0) is 4.00. The first-order chi connectivity index (χ1) is 2.00. The first-order valence-corrected chi connectivity index (χ1v) is 1.01. The Hall–Kier alpha value is 0.790. The maximum Gasteiger partial charge on any atom is 0.0579 e. The van der Waals surface area contributed by atoms with Gasteiger partial charge in [0.05, 0.1) is 23.7 Å². The minimum atomic E-state index is 0. The van der Waals surface area contributed by atoms with Gasteiger partial charge >= 0.3 is 0 Å². The van der Waals surface area contributed by atoms with E-state index in [2.05, 4.69) is 23.7 Å². The molecule has 2 nitrogen and oxygen atoms in total. The van der Waals surface area contributed by atoms with E-state index >= 15 is 0 Å². The van der Waals surface area contributed by atoms with Gasteiger partial charge in [-0.15, -0.1) is 12.4 Å². The number of hydrogen-bond acceptors (Lipinski definition) is 2. The van der Waals surface area contributed by atoms with Gasteiger partial charge in [-0.1, -0.05) is 0 Å². The molecule has 5 heavy (non-hydrogen) atoms. The average molecular weight is 141 g/mol. The van der Waals surface area contributed by atoms with Crippen molar-refractivity contribution in [3.05, 3.63) is 0 Å². The molecule has 0 aromatic carbocycles. The standard InChI is InChI=1S/2ClHO.ClH/c2*1-2;/h2*2H;1H. The van der Waals surface area contributed by atoms with Gasteiger partial charge in [0.2, 0.25) is 0 Å². The first kappa shape index (κ1) is 17.1. The fourth-order valence-corrected chi connectivity index (χ4v) is 0. The van der Waals surface area contributed by atoms with Crippen LogP contribution < -0.4 is 0 Å². The van der Waals surface area contributed by atoms with Gasteiger partial charge in [-0.25, -0.2) is 0 Å². The molecule has 0 aliphatic carbocycles. The summed E-state index contributed by atoms with van der Waals surface area (Å²) in [7, 11) is 0. The van der Waals surface area contributed by atoms with Gasteiger partial charge < -0.3 is 0 Å². The molecule has 0 bridgehead atoms. The predicted molar refractivity (Wildman–Crippen MR) is 23.4 cm³/mol. The molecule has 5 heteroatoms. The van der Waals surface area contributed by atoms with Crippen LogP contribution in [0.3, 0.4) is 0 Å². The number of rotatable bonds is 0. The van der Waals surface area contributed by atoms with Crippen molar-refractivity contribution in [3.63, 3.8) is 0 Å². The summed E-state index contributed by atoms with van der Waals surface area (Å²) < 4.78 is 12.9. The van der Waals surface area contributed by atoms with E-state index in [-0.39, 0.29) is 12.4 Å². The summed E-state index contributed by atoms with van der Waals surface area (Å²) >= 11 is 7.28. The Bertz CT molecular complexity index is 4.85. The Morgan fingerprint density at radius 1 is 0.800 bits per heavy atom. The Balaban J connectivity index is -0.0000000133. The number of halogens is 3. The van der Waals surface area contributed by atoms with Gasteiger partial charge in [-0.05, 0) is 0 Å². The molecule has 0 aliphatic rings. The van der Waals surface area contributed by atoms with Crippen LogP contribution in [0.5, 0.6) is 0 Å². The van der Waals surface area contributed by atoms with Gasteiger partial charge in [0, 0.05) is 0 Å². The molecule has 0 aliphatic heterocycles. The highest BCUT2D eigenvalue weighted by atomic mass is 35.5. The molecule has 0 atom stereocenters. The van der Waals surface area contributed by atoms with Gasteiger partial charge in [0.25, 0.3) is 0 Å². The summed E-state index contributed by atoms with van der Waals surface area (Å²) in [5.74, 6) is 0. The molecular formula is H3Cl3O2.